The first kappa shape index (κ1) is 8.83. The zero-order valence-electron chi connectivity index (χ0n) is 7.79. The Morgan fingerprint density at radius 1 is 1.43 bits per heavy atom. The fourth-order valence-corrected chi connectivity index (χ4v) is 1.21. The zero-order valence-corrected chi connectivity index (χ0v) is 7.79. The Balaban J connectivity index is 2.37. The molecule has 0 fully saturated rings. The van der Waals surface area contributed by atoms with Crippen LogP contribution in [-0.4, -0.2) is 27.1 Å². The van der Waals surface area contributed by atoms with E-state index in [1.54, 1.807) is 30.4 Å². The minimum Gasteiger partial charge on any atom is -0.362 e. The summed E-state index contributed by atoms with van der Waals surface area (Å²) in [5, 5.41) is 7.72. The maximum atomic E-state index is 4.99. The molecule has 0 aromatic carbocycles. The number of hydrogen-bond donors (Lipinski definition) is 0. The van der Waals surface area contributed by atoms with Crippen molar-refractivity contribution in [3.63, 3.8) is 0 Å². The van der Waals surface area contributed by atoms with Crippen molar-refractivity contribution in [1.29, 1.82) is 0 Å². The van der Waals surface area contributed by atoms with Crippen LogP contribution in [0.4, 0.5) is 0 Å². The van der Waals surface area contributed by atoms with E-state index in [1.807, 2.05) is 12.1 Å². The first-order chi connectivity index (χ1) is 6.92. The highest BCUT2D eigenvalue weighted by Crippen LogP contribution is 2.15. The van der Waals surface area contributed by atoms with Gasteiger partial charge in [-0.1, -0.05) is 5.21 Å². The van der Waals surface area contributed by atoms with Gasteiger partial charge in [0.2, 0.25) is 0 Å². The van der Waals surface area contributed by atoms with Crippen molar-refractivity contribution >= 4 is 0 Å². The molecule has 0 spiro atoms. The second-order valence-electron chi connectivity index (χ2n) is 2.78. The summed E-state index contributed by atoms with van der Waals surface area (Å²) in [6.45, 7) is 0.393. The van der Waals surface area contributed by atoms with E-state index in [9.17, 15) is 0 Å². The van der Waals surface area contributed by atoms with Gasteiger partial charge < -0.3 is 4.74 Å². The SMILES string of the molecule is COCn1nncc1-c1cccnc1. The molecule has 72 valence electrons. The van der Waals surface area contributed by atoms with E-state index in [0.29, 0.717) is 6.73 Å². The summed E-state index contributed by atoms with van der Waals surface area (Å²) in [6.07, 6.45) is 5.19. The molecule has 0 saturated heterocycles. The molecule has 0 atom stereocenters. The summed E-state index contributed by atoms with van der Waals surface area (Å²) in [5.41, 5.74) is 1.88. The van der Waals surface area contributed by atoms with Gasteiger partial charge in [0.15, 0.2) is 0 Å². The van der Waals surface area contributed by atoms with Gasteiger partial charge in [-0.05, 0) is 12.1 Å². The average molecular weight is 190 g/mol. The van der Waals surface area contributed by atoms with Crippen LogP contribution in [0.2, 0.25) is 0 Å². The lowest BCUT2D eigenvalue weighted by atomic mass is 10.2. The van der Waals surface area contributed by atoms with Crippen LogP contribution in [0.1, 0.15) is 0 Å². The smallest absolute Gasteiger partial charge is 0.141 e. The van der Waals surface area contributed by atoms with Gasteiger partial charge in [-0.25, -0.2) is 4.68 Å². The largest absolute Gasteiger partial charge is 0.362 e. The topological polar surface area (TPSA) is 52.8 Å². The third kappa shape index (κ3) is 1.62. The fraction of sp³-hybridized carbons (Fsp3) is 0.222. The Bertz CT molecular complexity index is 398. The van der Waals surface area contributed by atoms with E-state index in [1.165, 1.54) is 0 Å². The number of pyridine rings is 1. The first-order valence-corrected chi connectivity index (χ1v) is 4.19. The second kappa shape index (κ2) is 3.97. The molecular weight excluding hydrogens is 180 g/mol. The Kier molecular flexibility index (Phi) is 2.51. The molecule has 0 saturated carbocycles. The number of methoxy groups -OCH3 is 1. The molecule has 2 aromatic rings. The standard InChI is InChI=1S/C9H10N4O/c1-14-7-13-9(6-11-12-13)8-3-2-4-10-5-8/h2-6H,7H2,1H3. The van der Waals surface area contributed by atoms with Gasteiger partial charge in [-0.15, -0.1) is 5.10 Å². The fourth-order valence-electron chi connectivity index (χ4n) is 1.21. The Hall–Kier alpha value is -1.75. The van der Waals surface area contributed by atoms with E-state index in [-0.39, 0.29) is 0 Å². The summed E-state index contributed by atoms with van der Waals surface area (Å²) < 4.78 is 6.67. The third-order valence-electron chi connectivity index (χ3n) is 1.83. The number of hydrogen-bond acceptors (Lipinski definition) is 4. The number of nitrogens with zero attached hydrogens (tertiary/aromatic N) is 4. The van der Waals surface area contributed by atoms with Crippen LogP contribution in [0, 0.1) is 0 Å². The van der Waals surface area contributed by atoms with E-state index in [0.717, 1.165) is 11.3 Å². The van der Waals surface area contributed by atoms with Gasteiger partial charge in [-0.3, -0.25) is 4.98 Å². The molecule has 0 unspecified atom stereocenters. The summed E-state index contributed by atoms with van der Waals surface area (Å²) >= 11 is 0. The average Bonchev–Trinajstić information content (AvgIpc) is 2.68. The van der Waals surface area contributed by atoms with E-state index in [2.05, 4.69) is 15.3 Å². The van der Waals surface area contributed by atoms with Crippen molar-refractivity contribution < 1.29 is 4.74 Å². The predicted molar refractivity (Wildman–Crippen MR) is 50.3 cm³/mol. The molecular formula is C9H10N4O. The molecule has 5 nitrogen and oxygen atoms in total. The van der Waals surface area contributed by atoms with Crippen LogP contribution >= 0.6 is 0 Å². The van der Waals surface area contributed by atoms with Gasteiger partial charge in [0.05, 0.1) is 11.9 Å². The number of ether oxygens (including phenoxy) is 1. The minimum absolute atomic E-state index is 0.393. The van der Waals surface area contributed by atoms with Crippen LogP contribution in [0.3, 0.4) is 0 Å². The van der Waals surface area contributed by atoms with Gasteiger partial charge in [0.25, 0.3) is 0 Å². The minimum atomic E-state index is 0.393. The summed E-state index contributed by atoms with van der Waals surface area (Å²) in [5.74, 6) is 0. The lowest BCUT2D eigenvalue weighted by Gasteiger charge is -2.03. The van der Waals surface area contributed by atoms with Crippen LogP contribution in [0.25, 0.3) is 11.3 Å². The van der Waals surface area contributed by atoms with E-state index < -0.39 is 0 Å². The highest BCUT2D eigenvalue weighted by atomic mass is 16.5. The predicted octanol–water partition coefficient (Wildman–Crippen LogP) is 0.944. The van der Waals surface area contributed by atoms with E-state index in [4.69, 9.17) is 4.74 Å². The number of rotatable bonds is 3. The highest BCUT2D eigenvalue weighted by molar-refractivity contribution is 5.56. The van der Waals surface area contributed by atoms with Crippen LogP contribution < -0.4 is 0 Å². The summed E-state index contributed by atoms with van der Waals surface area (Å²) in [7, 11) is 1.62. The number of aromatic nitrogens is 4. The Labute approximate surface area is 81.3 Å². The van der Waals surface area contributed by atoms with Crippen molar-refractivity contribution in [2.75, 3.05) is 7.11 Å². The van der Waals surface area contributed by atoms with Crippen molar-refractivity contribution in [1.82, 2.24) is 20.0 Å². The van der Waals surface area contributed by atoms with Crippen LogP contribution in [0.15, 0.2) is 30.7 Å². The lowest BCUT2D eigenvalue weighted by Crippen LogP contribution is -2.03. The molecule has 2 aromatic heterocycles. The lowest BCUT2D eigenvalue weighted by molar-refractivity contribution is 0.120. The molecule has 0 N–H and O–H groups in total. The molecule has 14 heavy (non-hydrogen) atoms. The zero-order chi connectivity index (χ0) is 9.80. The quantitative estimate of drug-likeness (QED) is 0.722. The third-order valence-corrected chi connectivity index (χ3v) is 1.83. The highest BCUT2D eigenvalue weighted by Gasteiger charge is 2.05. The van der Waals surface area contributed by atoms with Gasteiger partial charge in [0.1, 0.15) is 6.73 Å². The van der Waals surface area contributed by atoms with Gasteiger partial charge in [0, 0.05) is 25.1 Å². The molecule has 0 aliphatic carbocycles. The summed E-state index contributed by atoms with van der Waals surface area (Å²) in [4.78, 5) is 4.03. The summed E-state index contributed by atoms with van der Waals surface area (Å²) in [6, 6.07) is 3.83. The molecule has 0 aliphatic heterocycles. The van der Waals surface area contributed by atoms with Crippen molar-refractivity contribution in [3.8, 4) is 11.3 Å². The van der Waals surface area contributed by atoms with Gasteiger partial charge >= 0.3 is 0 Å². The van der Waals surface area contributed by atoms with Crippen LogP contribution in [-0.2, 0) is 11.5 Å². The Morgan fingerprint density at radius 2 is 2.36 bits per heavy atom. The molecule has 2 heterocycles. The maximum Gasteiger partial charge on any atom is 0.141 e. The molecule has 0 aliphatic rings. The maximum absolute atomic E-state index is 4.99. The monoisotopic (exact) mass is 190 g/mol. The van der Waals surface area contributed by atoms with Crippen LogP contribution in [0.5, 0.6) is 0 Å². The van der Waals surface area contributed by atoms with Crippen molar-refractivity contribution in [2.24, 2.45) is 0 Å². The first-order valence-electron chi connectivity index (χ1n) is 4.19. The van der Waals surface area contributed by atoms with E-state index >= 15 is 0 Å². The Morgan fingerprint density at radius 3 is 3.07 bits per heavy atom. The molecule has 0 bridgehead atoms. The molecule has 2 rings (SSSR count). The molecule has 5 heteroatoms. The second-order valence-corrected chi connectivity index (χ2v) is 2.78. The van der Waals surface area contributed by atoms with Crippen molar-refractivity contribution in [2.45, 2.75) is 6.73 Å². The molecule has 0 radical (unpaired) electrons. The van der Waals surface area contributed by atoms with Crippen molar-refractivity contribution in [3.05, 3.63) is 30.7 Å². The normalized spacial score (nSPS) is 10.4. The molecule has 0 amide bonds. The van der Waals surface area contributed by atoms with Gasteiger partial charge in [-0.2, -0.15) is 0 Å².